The Morgan fingerprint density at radius 2 is 2.19 bits per heavy atom. The van der Waals surface area contributed by atoms with Gasteiger partial charge in [-0.3, -0.25) is 5.10 Å². The van der Waals surface area contributed by atoms with Crippen molar-refractivity contribution in [3.05, 3.63) is 48.3 Å². The number of hydrogen-bond donors (Lipinski definition) is 2. The summed E-state index contributed by atoms with van der Waals surface area (Å²) < 4.78 is 11.4. The summed E-state index contributed by atoms with van der Waals surface area (Å²) >= 11 is 0. The van der Waals surface area contributed by atoms with Crippen LogP contribution in [0.25, 0.3) is 10.9 Å². The predicted octanol–water partition coefficient (Wildman–Crippen LogP) is 3.85. The summed E-state index contributed by atoms with van der Waals surface area (Å²) in [6.45, 7) is 10.8. The van der Waals surface area contributed by atoms with Crippen LogP contribution in [0.3, 0.4) is 0 Å². The van der Waals surface area contributed by atoms with E-state index >= 15 is 0 Å². The van der Waals surface area contributed by atoms with E-state index in [1.807, 2.05) is 45.2 Å². The van der Waals surface area contributed by atoms with Crippen LogP contribution in [0, 0.1) is 0 Å². The first-order valence-corrected chi connectivity index (χ1v) is 9.23. The SMILES string of the molecule is C=CC(=N/C(=C\C)[C@@H](C)OC)c1n[nH]c2ccc(OC(C)CCNC)cc12. The highest BCUT2D eigenvalue weighted by Crippen LogP contribution is 2.25. The van der Waals surface area contributed by atoms with E-state index in [4.69, 9.17) is 14.5 Å². The number of nitrogens with one attached hydrogen (secondary N) is 2. The topological polar surface area (TPSA) is 71.5 Å². The number of benzene rings is 1. The molecule has 2 rings (SSSR count). The summed E-state index contributed by atoms with van der Waals surface area (Å²) in [6, 6.07) is 5.93. The Morgan fingerprint density at radius 1 is 1.41 bits per heavy atom. The first-order valence-electron chi connectivity index (χ1n) is 9.23. The van der Waals surface area contributed by atoms with Crippen molar-refractivity contribution in [1.82, 2.24) is 15.5 Å². The third kappa shape index (κ3) is 5.28. The van der Waals surface area contributed by atoms with Crippen LogP contribution in [0.1, 0.15) is 32.9 Å². The lowest BCUT2D eigenvalue weighted by Crippen LogP contribution is -2.19. The quantitative estimate of drug-likeness (QED) is 0.623. The maximum absolute atomic E-state index is 6.04. The zero-order valence-corrected chi connectivity index (χ0v) is 16.9. The van der Waals surface area contributed by atoms with E-state index in [-0.39, 0.29) is 12.2 Å². The van der Waals surface area contributed by atoms with Gasteiger partial charge in [-0.1, -0.05) is 12.7 Å². The Balaban J connectivity index is 2.37. The smallest absolute Gasteiger partial charge is 0.120 e. The van der Waals surface area contributed by atoms with Crippen LogP contribution in [0.4, 0.5) is 0 Å². The van der Waals surface area contributed by atoms with Crippen molar-refractivity contribution in [3.63, 3.8) is 0 Å². The van der Waals surface area contributed by atoms with Gasteiger partial charge in [0.15, 0.2) is 0 Å². The fourth-order valence-corrected chi connectivity index (χ4v) is 2.75. The van der Waals surface area contributed by atoms with Gasteiger partial charge in [0.2, 0.25) is 0 Å². The van der Waals surface area contributed by atoms with E-state index in [1.165, 1.54) is 0 Å². The van der Waals surface area contributed by atoms with Crippen LogP contribution in [-0.2, 0) is 4.74 Å². The molecule has 2 aromatic rings. The van der Waals surface area contributed by atoms with Crippen molar-refractivity contribution in [2.24, 2.45) is 4.99 Å². The molecule has 0 spiro atoms. The molecule has 27 heavy (non-hydrogen) atoms. The second kappa shape index (κ2) is 10.0. The Kier molecular flexibility index (Phi) is 7.76. The van der Waals surface area contributed by atoms with E-state index in [0.717, 1.165) is 41.0 Å². The molecule has 0 saturated heterocycles. The number of rotatable bonds is 10. The van der Waals surface area contributed by atoms with Gasteiger partial charge in [-0.25, -0.2) is 4.99 Å². The zero-order valence-electron chi connectivity index (χ0n) is 16.9. The molecule has 2 N–H and O–H groups in total. The van der Waals surface area contributed by atoms with Crippen LogP contribution < -0.4 is 10.1 Å². The van der Waals surface area contributed by atoms with Gasteiger partial charge in [-0.2, -0.15) is 5.10 Å². The average Bonchev–Trinajstić information content (AvgIpc) is 3.10. The van der Waals surface area contributed by atoms with E-state index in [1.54, 1.807) is 13.2 Å². The number of H-pyrrole nitrogens is 1. The lowest BCUT2D eigenvalue weighted by atomic mass is 10.1. The highest BCUT2D eigenvalue weighted by Gasteiger charge is 2.14. The Bertz CT molecular complexity index is 823. The van der Waals surface area contributed by atoms with E-state index in [9.17, 15) is 0 Å². The summed E-state index contributed by atoms with van der Waals surface area (Å²) in [4.78, 5) is 4.71. The van der Waals surface area contributed by atoms with E-state index in [0.29, 0.717) is 5.71 Å². The molecule has 0 radical (unpaired) electrons. The van der Waals surface area contributed by atoms with Gasteiger partial charge in [-0.05, 0) is 65.1 Å². The van der Waals surface area contributed by atoms with Crippen LogP contribution in [0.2, 0.25) is 0 Å². The van der Waals surface area contributed by atoms with Crippen molar-refractivity contribution < 1.29 is 9.47 Å². The molecule has 1 heterocycles. The maximum Gasteiger partial charge on any atom is 0.120 e. The Morgan fingerprint density at radius 3 is 2.81 bits per heavy atom. The number of nitrogens with zero attached hydrogens (tertiary/aromatic N) is 2. The Labute approximate surface area is 161 Å². The highest BCUT2D eigenvalue weighted by molar-refractivity contribution is 6.15. The van der Waals surface area contributed by atoms with Crippen molar-refractivity contribution in [1.29, 1.82) is 0 Å². The first kappa shape index (κ1) is 20.9. The number of aromatic amines is 1. The molecule has 0 bridgehead atoms. The monoisotopic (exact) mass is 370 g/mol. The number of aromatic nitrogens is 2. The number of aliphatic imine (C=N–C) groups is 1. The first-order chi connectivity index (χ1) is 13.0. The minimum atomic E-state index is -0.109. The molecule has 0 aliphatic carbocycles. The minimum Gasteiger partial charge on any atom is -0.491 e. The number of methoxy groups -OCH3 is 1. The summed E-state index contributed by atoms with van der Waals surface area (Å²) in [5, 5.41) is 11.6. The minimum absolute atomic E-state index is 0.109. The summed E-state index contributed by atoms with van der Waals surface area (Å²) in [7, 11) is 3.61. The molecule has 0 aliphatic rings. The van der Waals surface area contributed by atoms with Gasteiger partial charge in [0.05, 0.1) is 29.1 Å². The summed E-state index contributed by atoms with van der Waals surface area (Å²) in [5.74, 6) is 0.814. The van der Waals surface area contributed by atoms with Gasteiger partial charge in [0, 0.05) is 12.5 Å². The molecule has 0 amide bonds. The fourth-order valence-electron chi connectivity index (χ4n) is 2.75. The van der Waals surface area contributed by atoms with Crippen LogP contribution in [0.15, 0.2) is 47.6 Å². The Hall–Kier alpha value is -2.44. The van der Waals surface area contributed by atoms with Crippen molar-refractivity contribution in [3.8, 4) is 5.75 Å². The number of allylic oxidation sites excluding steroid dienone is 2. The lowest BCUT2D eigenvalue weighted by molar-refractivity contribution is 0.146. The average molecular weight is 370 g/mol. The third-order valence-corrected chi connectivity index (χ3v) is 4.42. The van der Waals surface area contributed by atoms with Gasteiger partial charge >= 0.3 is 0 Å². The number of ether oxygens (including phenoxy) is 2. The van der Waals surface area contributed by atoms with Gasteiger partial charge in [0.25, 0.3) is 0 Å². The summed E-state index contributed by atoms with van der Waals surface area (Å²) in [5.41, 5.74) is 3.20. The second-order valence-electron chi connectivity index (χ2n) is 6.39. The molecule has 0 aliphatic heterocycles. The molecule has 6 heteroatoms. The van der Waals surface area contributed by atoms with Gasteiger partial charge in [0.1, 0.15) is 11.4 Å². The van der Waals surface area contributed by atoms with E-state index in [2.05, 4.69) is 29.0 Å². The molecular formula is C21H30N4O2. The van der Waals surface area contributed by atoms with Crippen LogP contribution in [0.5, 0.6) is 5.75 Å². The molecule has 6 nitrogen and oxygen atoms in total. The van der Waals surface area contributed by atoms with Crippen LogP contribution in [-0.4, -0.2) is 48.8 Å². The second-order valence-corrected chi connectivity index (χ2v) is 6.39. The molecule has 2 atom stereocenters. The summed E-state index contributed by atoms with van der Waals surface area (Å²) in [6.07, 6.45) is 4.60. The normalized spacial score (nSPS) is 15.0. The van der Waals surface area contributed by atoms with Gasteiger partial charge in [-0.15, -0.1) is 0 Å². The molecule has 0 saturated carbocycles. The molecule has 1 aromatic heterocycles. The third-order valence-electron chi connectivity index (χ3n) is 4.42. The molecule has 1 unspecified atom stereocenters. The fraction of sp³-hybridized carbons (Fsp3) is 0.429. The molecule has 0 fully saturated rings. The number of hydrogen-bond acceptors (Lipinski definition) is 5. The van der Waals surface area contributed by atoms with Crippen molar-refractivity contribution in [2.75, 3.05) is 20.7 Å². The van der Waals surface area contributed by atoms with Crippen molar-refractivity contribution in [2.45, 2.75) is 39.4 Å². The molecule has 1 aromatic carbocycles. The number of fused-ring (bicyclic) bond motifs is 1. The highest BCUT2D eigenvalue weighted by atomic mass is 16.5. The molecular weight excluding hydrogens is 340 g/mol. The van der Waals surface area contributed by atoms with E-state index < -0.39 is 0 Å². The zero-order chi connectivity index (χ0) is 19.8. The molecule has 146 valence electrons. The van der Waals surface area contributed by atoms with Crippen molar-refractivity contribution >= 4 is 16.6 Å². The predicted molar refractivity (Wildman–Crippen MR) is 112 cm³/mol. The van der Waals surface area contributed by atoms with Gasteiger partial charge < -0.3 is 14.8 Å². The largest absolute Gasteiger partial charge is 0.491 e. The van der Waals surface area contributed by atoms with Crippen LogP contribution >= 0.6 is 0 Å². The maximum atomic E-state index is 6.04. The standard InChI is InChI=1S/C21H30N4O2/c1-7-18(15(4)26-6)23-19(8-2)21-17-13-16(9-10-20(17)24-25-21)27-14(3)11-12-22-5/h7-10,13-15,22H,2,11-12H2,1,3-6H3,(H,24,25)/b18-7-,23-19?/t14?,15-/m1/s1. The lowest BCUT2D eigenvalue weighted by Gasteiger charge is -2.14.